The van der Waals surface area contributed by atoms with Gasteiger partial charge in [-0.15, -0.1) is 11.3 Å². The van der Waals surface area contributed by atoms with Crippen molar-refractivity contribution in [2.24, 2.45) is 0 Å². The van der Waals surface area contributed by atoms with Crippen LogP contribution in [0.1, 0.15) is 5.56 Å². The maximum absolute atomic E-state index is 12.2. The Hall–Kier alpha value is -1.27. The van der Waals surface area contributed by atoms with Gasteiger partial charge in [-0.25, -0.2) is 8.42 Å². The second kappa shape index (κ2) is 5.61. The lowest BCUT2D eigenvalue weighted by molar-refractivity contribution is 0.603. The highest BCUT2D eigenvalue weighted by molar-refractivity contribution is 9.11. The van der Waals surface area contributed by atoms with Crippen molar-refractivity contribution in [1.82, 2.24) is 0 Å². The molecule has 1 heterocycles. The summed E-state index contributed by atoms with van der Waals surface area (Å²) < 4.78 is 27.3. The summed E-state index contributed by atoms with van der Waals surface area (Å²) in [6, 6.07) is 7.58. The Morgan fingerprint density at radius 3 is 2.60 bits per heavy atom. The second-order valence-electron chi connectivity index (χ2n) is 3.71. The molecule has 9 heteroatoms. The van der Waals surface area contributed by atoms with Gasteiger partial charge in [0.2, 0.25) is 0 Å². The molecule has 1 aromatic heterocycles. The molecular formula is C11H7BrClN3O2S2. The van der Waals surface area contributed by atoms with Crippen LogP contribution in [0.3, 0.4) is 0 Å². The van der Waals surface area contributed by atoms with Gasteiger partial charge in [-0.3, -0.25) is 4.72 Å². The average Bonchev–Trinajstić information content (AvgIpc) is 2.73. The first kappa shape index (κ1) is 15.1. The summed E-state index contributed by atoms with van der Waals surface area (Å²) in [7, 11) is -3.77. The minimum Gasteiger partial charge on any atom is -0.397 e. The average molecular weight is 393 g/mol. The third kappa shape index (κ3) is 3.07. The number of nitrogens with one attached hydrogen (secondary N) is 1. The summed E-state index contributed by atoms with van der Waals surface area (Å²) in [5, 5.41) is 9.06. The minimum atomic E-state index is -3.77. The number of anilines is 2. The fourth-order valence-electron chi connectivity index (χ4n) is 1.38. The van der Waals surface area contributed by atoms with E-state index in [0.717, 1.165) is 11.3 Å². The largest absolute Gasteiger partial charge is 0.397 e. The van der Waals surface area contributed by atoms with Gasteiger partial charge in [0.25, 0.3) is 10.0 Å². The fourth-order valence-corrected chi connectivity index (χ4v) is 4.87. The van der Waals surface area contributed by atoms with Crippen LogP contribution in [0.15, 0.2) is 32.3 Å². The van der Waals surface area contributed by atoms with Crippen LogP contribution in [-0.2, 0) is 10.0 Å². The number of hydrogen-bond donors (Lipinski definition) is 2. The normalized spacial score (nSPS) is 11.1. The first-order valence-electron chi connectivity index (χ1n) is 5.11. The topological polar surface area (TPSA) is 96.0 Å². The minimum absolute atomic E-state index is 0.0677. The van der Waals surface area contributed by atoms with Gasteiger partial charge in [0.1, 0.15) is 4.21 Å². The summed E-state index contributed by atoms with van der Waals surface area (Å²) in [5.41, 5.74) is 6.45. The number of nitriles is 1. The number of nitrogen functional groups attached to an aromatic ring is 1. The number of nitrogens with two attached hydrogens (primary N) is 1. The van der Waals surface area contributed by atoms with Crippen LogP contribution in [0.2, 0.25) is 5.02 Å². The third-order valence-electron chi connectivity index (χ3n) is 2.31. The van der Waals surface area contributed by atoms with Crippen molar-refractivity contribution >= 4 is 60.3 Å². The van der Waals surface area contributed by atoms with Crippen LogP contribution in [0.5, 0.6) is 0 Å². The van der Waals surface area contributed by atoms with Crippen molar-refractivity contribution in [3.63, 3.8) is 0 Å². The summed E-state index contributed by atoms with van der Waals surface area (Å²) in [5.74, 6) is 0. The van der Waals surface area contributed by atoms with Gasteiger partial charge in [0.05, 0.1) is 31.8 Å². The summed E-state index contributed by atoms with van der Waals surface area (Å²) in [6.07, 6.45) is 0. The number of hydrogen-bond acceptors (Lipinski definition) is 5. The number of thiophene rings is 1. The molecule has 0 aliphatic heterocycles. The SMILES string of the molecule is N#Cc1ccc(NS(=O)(=O)c2cc(Cl)c(Br)s2)c(N)c1. The molecule has 5 nitrogen and oxygen atoms in total. The van der Waals surface area contributed by atoms with Crippen LogP contribution in [-0.4, -0.2) is 8.42 Å². The Morgan fingerprint density at radius 1 is 1.40 bits per heavy atom. The standard InChI is InChI=1S/C11H7BrClN3O2S2/c12-11-7(13)4-10(19-11)20(17,18)16-9-2-1-6(5-14)3-8(9)15/h1-4,16H,15H2. The van der Waals surface area contributed by atoms with Gasteiger partial charge in [-0.1, -0.05) is 11.6 Å². The molecule has 1 aromatic carbocycles. The summed E-state index contributed by atoms with van der Waals surface area (Å²) in [6.45, 7) is 0. The van der Waals surface area contributed by atoms with Crippen LogP contribution in [0.4, 0.5) is 11.4 Å². The van der Waals surface area contributed by atoms with E-state index in [1.165, 1.54) is 24.3 Å². The molecule has 0 radical (unpaired) electrons. The van der Waals surface area contributed by atoms with E-state index in [4.69, 9.17) is 22.6 Å². The van der Waals surface area contributed by atoms with Gasteiger partial charge in [-0.2, -0.15) is 5.26 Å². The zero-order chi connectivity index (χ0) is 14.9. The van der Waals surface area contributed by atoms with Gasteiger partial charge < -0.3 is 5.73 Å². The molecule has 0 saturated carbocycles. The monoisotopic (exact) mass is 391 g/mol. The van der Waals surface area contributed by atoms with Crippen LogP contribution in [0, 0.1) is 11.3 Å². The van der Waals surface area contributed by atoms with Crippen molar-refractivity contribution in [1.29, 1.82) is 5.26 Å². The predicted molar refractivity (Wildman–Crippen MR) is 83.4 cm³/mol. The molecule has 0 bridgehead atoms. The number of benzene rings is 1. The van der Waals surface area contributed by atoms with Crippen LogP contribution >= 0.6 is 38.9 Å². The molecule has 3 N–H and O–H groups in total. The maximum atomic E-state index is 12.2. The van der Waals surface area contributed by atoms with E-state index < -0.39 is 10.0 Å². The molecule has 0 aliphatic rings. The van der Waals surface area contributed by atoms with Gasteiger partial charge >= 0.3 is 0 Å². The lowest BCUT2D eigenvalue weighted by Gasteiger charge is -2.08. The van der Waals surface area contributed by atoms with Crippen molar-refractivity contribution in [2.75, 3.05) is 10.5 Å². The van der Waals surface area contributed by atoms with E-state index in [2.05, 4.69) is 20.7 Å². The van der Waals surface area contributed by atoms with Crippen molar-refractivity contribution in [2.45, 2.75) is 4.21 Å². The van der Waals surface area contributed by atoms with Crippen LogP contribution < -0.4 is 10.5 Å². The molecule has 0 amide bonds. The molecule has 104 valence electrons. The summed E-state index contributed by atoms with van der Waals surface area (Å²) in [4.78, 5) is 0. The lowest BCUT2D eigenvalue weighted by atomic mass is 10.2. The second-order valence-corrected chi connectivity index (χ2v) is 8.39. The van der Waals surface area contributed by atoms with E-state index >= 15 is 0 Å². The highest BCUT2D eigenvalue weighted by atomic mass is 79.9. The Balaban J connectivity index is 2.36. The molecule has 0 spiro atoms. The lowest BCUT2D eigenvalue weighted by Crippen LogP contribution is -2.12. The molecule has 0 unspecified atom stereocenters. The highest BCUT2D eigenvalue weighted by Gasteiger charge is 2.20. The van der Waals surface area contributed by atoms with Gasteiger partial charge in [0.15, 0.2) is 0 Å². The maximum Gasteiger partial charge on any atom is 0.271 e. The Morgan fingerprint density at radius 2 is 2.10 bits per heavy atom. The zero-order valence-electron chi connectivity index (χ0n) is 9.72. The first-order valence-corrected chi connectivity index (χ1v) is 8.58. The molecule has 0 fully saturated rings. The third-order valence-corrected chi connectivity index (χ3v) is 6.63. The van der Waals surface area contributed by atoms with Gasteiger partial charge in [-0.05, 0) is 40.2 Å². The Labute approximate surface area is 133 Å². The Kier molecular flexibility index (Phi) is 4.25. The number of rotatable bonds is 3. The quantitative estimate of drug-likeness (QED) is 0.782. The van der Waals surface area contributed by atoms with E-state index in [1.807, 2.05) is 6.07 Å². The molecule has 0 atom stereocenters. The van der Waals surface area contributed by atoms with E-state index in [-0.39, 0.29) is 15.6 Å². The molecule has 2 rings (SSSR count). The molecule has 0 aliphatic carbocycles. The van der Waals surface area contributed by atoms with Crippen molar-refractivity contribution in [3.05, 3.63) is 38.6 Å². The van der Waals surface area contributed by atoms with E-state index in [1.54, 1.807) is 0 Å². The van der Waals surface area contributed by atoms with Crippen molar-refractivity contribution < 1.29 is 8.42 Å². The number of nitrogens with zero attached hydrogens (tertiary/aromatic N) is 1. The molecular weight excluding hydrogens is 386 g/mol. The summed E-state index contributed by atoms with van der Waals surface area (Å²) >= 11 is 9.98. The van der Waals surface area contributed by atoms with E-state index in [0.29, 0.717) is 14.4 Å². The molecule has 0 saturated heterocycles. The first-order chi connectivity index (χ1) is 9.33. The van der Waals surface area contributed by atoms with Crippen molar-refractivity contribution in [3.8, 4) is 6.07 Å². The predicted octanol–water partition coefficient (Wildman–Crippen LogP) is 3.42. The zero-order valence-corrected chi connectivity index (χ0v) is 13.7. The highest BCUT2D eigenvalue weighted by Crippen LogP contribution is 2.35. The van der Waals surface area contributed by atoms with Crippen LogP contribution in [0.25, 0.3) is 0 Å². The molecule has 2 aromatic rings. The number of halogens is 2. The smallest absolute Gasteiger partial charge is 0.271 e. The number of sulfonamides is 1. The van der Waals surface area contributed by atoms with E-state index in [9.17, 15) is 8.42 Å². The van der Waals surface area contributed by atoms with Gasteiger partial charge in [0, 0.05) is 0 Å². The molecule has 20 heavy (non-hydrogen) atoms. The fraction of sp³-hybridized carbons (Fsp3) is 0. The Bertz CT molecular complexity index is 792.